The molecule has 0 saturated carbocycles. The Morgan fingerprint density at radius 1 is 1.71 bits per heavy atom. The molecule has 0 aliphatic heterocycles. The third kappa shape index (κ3) is 6.25. The number of allylic oxidation sites excluding steroid dienone is 1. The van der Waals surface area contributed by atoms with Crippen LogP contribution in [0.15, 0.2) is 12.7 Å². The molecule has 0 saturated heterocycles. The zero-order valence-electron chi connectivity index (χ0n) is 4.74. The Morgan fingerprint density at radius 2 is 2.43 bits per heavy atom. The Hall–Kier alpha value is 0.246. The predicted octanol–water partition coefficient (Wildman–Crippen LogP) is 2.50. The Kier molecular flexibility index (Phi) is 6.47. The molecule has 0 aliphatic carbocycles. The minimum absolute atomic E-state index is 1.16. The molecule has 0 nitrogen and oxygen atoms in total. The number of hydrogen-bond acceptors (Lipinski definition) is 0. The van der Waals surface area contributed by atoms with E-state index in [-0.39, 0.29) is 0 Å². The van der Waals surface area contributed by atoms with Gasteiger partial charge in [0.1, 0.15) is 0 Å². The van der Waals surface area contributed by atoms with Gasteiger partial charge < -0.3 is 0 Å². The summed E-state index contributed by atoms with van der Waals surface area (Å²) in [5.41, 5.74) is 0. The normalized spacial score (nSPS) is 9.29. The van der Waals surface area contributed by atoms with E-state index in [0.29, 0.717) is 0 Å². The fourth-order valence-electron chi connectivity index (χ4n) is 0.254. The van der Waals surface area contributed by atoms with Gasteiger partial charge in [-0.05, 0) is 0 Å². The first kappa shape index (κ1) is 7.25. The minimum atomic E-state index is 1.16. The zero-order valence-corrected chi connectivity index (χ0v) is 5.78. The average molecular weight is 143 g/mol. The van der Waals surface area contributed by atoms with E-state index >= 15 is 0 Å². The molecule has 0 spiro atoms. The fourth-order valence-corrected chi connectivity index (χ4v) is 1.05. The van der Waals surface area contributed by atoms with Crippen LogP contribution >= 0.6 is 0 Å². The van der Waals surface area contributed by atoms with E-state index in [4.69, 9.17) is 0 Å². The van der Waals surface area contributed by atoms with Gasteiger partial charge in [-0.25, -0.2) is 0 Å². The molecule has 0 aromatic heterocycles. The van der Waals surface area contributed by atoms with Crippen molar-refractivity contribution in [2.24, 2.45) is 0 Å². The quantitative estimate of drug-likeness (QED) is 0.419. The van der Waals surface area contributed by atoms with Gasteiger partial charge in [0.2, 0.25) is 0 Å². The van der Waals surface area contributed by atoms with Gasteiger partial charge in [-0.2, -0.15) is 0 Å². The van der Waals surface area contributed by atoms with Crippen molar-refractivity contribution in [2.45, 2.75) is 24.1 Å². The Balaban J connectivity index is 2.56. The van der Waals surface area contributed by atoms with Crippen LogP contribution in [0.4, 0.5) is 0 Å². The Bertz CT molecular complexity index is 41.4. The van der Waals surface area contributed by atoms with Gasteiger partial charge in [-0.15, -0.1) is 0 Å². The van der Waals surface area contributed by atoms with Crippen LogP contribution < -0.4 is 0 Å². The second-order valence-electron chi connectivity index (χ2n) is 1.26. The first-order valence-corrected chi connectivity index (χ1v) is 3.97. The van der Waals surface area contributed by atoms with Gasteiger partial charge in [0.25, 0.3) is 0 Å². The van der Waals surface area contributed by atoms with Gasteiger partial charge in [0, 0.05) is 0 Å². The summed E-state index contributed by atoms with van der Waals surface area (Å²) in [4.78, 5) is 0. The van der Waals surface area contributed by atoms with Crippen molar-refractivity contribution in [1.82, 2.24) is 0 Å². The fraction of sp³-hybridized carbons (Fsp3) is 0.667. The topological polar surface area (TPSA) is 0 Å². The third-order valence-corrected chi connectivity index (χ3v) is 1.97. The second-order valence-corrected chi connectivity index (χ2v) is 2.72. The van der Waals surface area contributed by atoms with E-state index in [9.17, 15) is 0 Å². The van der Waals surface area contributed by atoms with E-state index in [1.165, 1.54) is 11.8 Å². The van der Waals surface area contributed by atoms with Crippen molar-refractivity contribution in [1.29, 1.82) is 0 Å². The standard InChI is InChI=1S/C3H7.C3H5.Co/c2*1-3-2;/h1,3H2,2H3;3H,1-2H2;. The summed E-state index contributed by atoms with van der Waals surface area (Å²) < 4.78 is 0. The molecule has 7 heavy (non-hydrogen) atoms. The second kappa shape index (κ2) is 6.25. The summed E-state index contributed by atoms with van der Waals surface area (Å²) >= 11 is 1.55. The summed E-state index contributed by atoms with van der Waals surface area (Å²) in [7, 11) is 0. The van der Waals surface area contributed by atoms with Crippen LogP contribution in [-0.4, -0.2) is 0 Å². The summed E-state index contributed by atoms with van der Waals surface area (Å²) in [6.07, 6.45) is 3.27. The molecule has 1 heteroatoms. The summed E-state index contributed by atoms with van der Waals surface area (Å²) in [5.74, 6) is 0. The van der Waals surface area contributed by atoms with Crippen LogP contribution in [0.25, 0.3) is 0 Å². The summed E-state index contributed by atoms with van der Waals surface area (Å²) in [5, 5.41) is 2.48. The molecule has 0 aromatic carbocycles. The molecule has 0 unspecified atom stereocenters. The molecule has 0 amide bonds. The van der Waals surface area contributed by atoms with E-state index < -0.39 is 0 Å². The molecule has 0 atom stereocenters. The van der Waals surface area contributed by atoms with Gasteiger partial charge in [-0.3, -0.25) is 0 Å². The molecule has 0 heterocycles. The van der Waals surface area contributed by atoms with E-state index in [1.807, 2.05) is 6.08 Å². The molecule has 0 radical (unpaired) electrons. The summed E-state index contributed by atoms with van der Waals surface area (Å²) in [6, 6.07) is 0. The van der Waals surface area contributed by atoms with Crippen molar-refractivity contribution in [3.63, 3.8) is 0 Å². The van der Waals surface area contributed by atoms with Crippen LogP contribution in [0.3, 0.4) is 0 Å². The first-order chi connectivity index (χ1) is 3.41. The van der Waals surface area contributed by atoms with Crippen LogP contribution in [0.1, 0.15) is 13.3 Å². The van der Waals surface area contributed by atoms with Gasteiger partial charge in [0.15, 0.2) is 0 Å². The molecular formula is C6H12Co. The van der Waals surface area contributed by atoms with Crippen molar-refractivity contribution in [3.8, 4) is 0 Å². The molecule has 45 valence electrons. The molecule has 0 bridgehead atoms. The van der Waals surface area contributed by atoms with Crippen molar-refractivity contribution in [3.05, 3.63) is 12.7 Å². The number of hydrogen-bond donors (Lipinski definition) is 0. The maximum absolute atomic E-state index is 3.62. The predicted molar refractivity (Wildman–Crippen MR) is 30.1 cm³/mol. The average Bonchev–Trinajstić information content (AvgIpc) is 1.69. The molecule has 0 fully saturated rings. The van der Waals surface area contributed by atoms with E-state index in [0.717, 1.165) is 5.36 Å². The number of rotatable bonds is 4. The van der Waals surface area contributed by atoms with Gasteiger partial charge in [0.05, 0.1) is 0 Å². The first-order valence-electron chi connectivity index (χ1n) is 2.50. The molecule has 0 rings (SSSR count). The Labute approximate surface area is 52.0 Å². The van der Waals surface area contributed by atoms with Crippen molar-refractivity contribution in [2.75, 3.05) is 0 Å². The van der Waals surface area contributed by atoms with Crippen LogP contribution in [0, 0.1) is 0 Å². The van der Waals surface area contributed by atoms with Crippen LogP contribution in [0.5, 0.6) is 0 Å². The Morgan fingerprint density at radius 3 is 2.86 bits per heavy atom. The maximum atomic E-state index is 3.62. The molecule has 0 aliphatic rings. The molecular weight excluding hydrogens is 131 g/mol. The molecule has 0 N–H and O–H groups in total. The van der Waals surface area contributed by atoms with E-state index in [1.54, 1.807) is 14.7 Å². The molecule has 0 aromatic rings. The SMILES string of the molecule is C=C[CH2][Co][CH2]CC. The van der Waals surface area contributed by atoms with Crippen molar-refractivity contribution < 1.29 is 14.7 Å². The van der Waals surface area contributed by atoms with Gasteiger partial charge in [-0.1, -0.05) is 0 Å². The van der Waals surface area contributed by atoms with Gasteiger partial charge >= 0.3 is 51.4 Å². The van der Waals surface area contributed by atoms with E-state index in [2.05, 4.69) is 13.5 Å². The third-order valence-electron chi connectivity index (χ3n) is 0.477. The summed E-state index contributed by atoms with van der Waals surface area (Å²) in [6.45, 7) is 5.83. The monoisotopic (exact) mass is 143 g/mol. The van der Waals surface area contributed by atoms with Crippen molar-refractivity contribution >= 4 is 0 Å². The van der Waals surface area contributed by atoms with Crippen LogP contribution in [0.2, 0.25) is 10.7 Å². The van der Waals surface area contributed by atoms with Crippen LogP contribution in [-0.2, 0) is 14.7 Å². The zero-order chi connectivity index (χ0) is 5.54.